The molecule has 3 heterocycles. The molecule has 0 fully saturated rings. The zero-order valence-electron chi connectivity index (χ0n) is 16.3. The third-order valence-corrected chi connectivity index (χ3v) is 4.42. The molecule has 0 spiro atoms. The summed E-state index contributed by atoms with van der Waals surface area (Å²) < 4.78 is 0. The van der Waals surface area contributed by atoms with Crippen molar-refractivity contribution in [1.29, 1.82) is 0 Å². The second-order valence-corrected chi connectivity index (χ2v) is 6.66. The molecular weight excluding hydrogens is 352 g/mol. The maximum absolute atomic E-state index is 9.23. The molecule has 3 rings (SSSR count). The van der Waals surface area contributed by atoms with Gasteiger partial charge in [0.15, 0.2) is 0 Å². The van der Waals surface area contributed by atoms with Crippen molar-refractivity contribution in [2.45, 2.75) is 32.8 Å². The maximum atomic E-state index is 9.23. The molecule has 0 bridgehead atoms. The molecule has 0 radical (unpaired) electrons. The van der Waals surface area contributed by atoms with Gasteiger partial charge in [-0.15, -0.1) is 0 Å². The molecule has 3 aromatic rings. The molecule has 0 aliphatic carbocycles. The van der Waals surface area contributed by atoms with Crippen LogP contribution in [-0.4, -0.2) is 38.6 Å². The Morgan fingerprint density at radius 2 is 1.96 bits per heavy atom. The fraction of sp³-hybridized carbons (Fsp3) is 0.333. The Balaban J connectivity index is 1.71. The average Bonchev–Trinajstić information content (AvgIpc) is 2.74. The molecule has 0 unspecified atom stereocenters. The van der Waals surface area contributed by atoms with Gasteiger partial charge in [0.1, 0.15) is 5.82 Å². The van der Waals surface area contributed by atoms with Crippen molar-refractivity contribution >= 4 is 17.5 Å². The number of hydrogen-bond donors (Lipinski definition) is 2. The lowest BCUT2D eigenvalue weighted by molar-refractivity contribution is 0.281. The van der Waals surface area contributed by atoms with E-state index in [2.05, 4.69) is 44.1 Å². The van der Waals surface area contributed by atoms with Crippen LogP contribution in [0.15, 0.2) is 49.1 Å². The Kier molecular flexibility index (Phi) is 6.86. The zero-order chi connectivity index (χ0) is 19.8. The van der Waals surface area contributed by atoms with Crippen LogP contribution in [0.4, 0.5) is 17.5 Å². The molecule has 0 aliphatic rings. The first-order valence-electron chi connectivity index (χ1n) is 9.52. The van der Waals surface area contributed by atoms with Crippen LogP contribution in [0.25, 0.3) is 11.3 Å². The summed E-state index contributed by atoms with van der Waals surface area (Å²) in [5, 5.41) is 12.4. The molecule has 0 atom stereocenters. The maximum Gasteiger partial charge on any atom is 0.227 e. The number of rotatable bonds is 9. The van der Waals surface area contributed by atoms with E-state index in [1.807, 2.05) is 30.5 Å². The molecule has 7 heteroatoms. The van der Waals surface area contributed by atoms with Crippen molar-refractivity contribution in [3.8, 4) is 11.3 Å². The number of unbranched alkanes of at least 4 members (excludes halogenated alkanes) is 2. The lowest BCUT2D eigenvalue weighted by atomic mass is 10.2. The molecule has 3 aromatic heterocycles. The third kappa shape index (κ3) is 5.23. The Bertz CT molecular complexity index is 884. The molecular formula is C21H26N6O. The minimum Gasteiger partial charge on any atom is -0.392 e. The molecule has 7 nitrogen and oxygen atoms in total. The standard InChI is InChI=1S/C21H26N6O/c1-3-4-5-10-27(2)20-7-6-17(13-24-20)19-8-9-23-21(26-19)25-18-11-16(15-28)12-22-14-18/h6-9,11-14,28H,3-5,10,15H2,1-2H3,(H,23,25,26). The van der Waals surface area contributed by atoms with Gasteiger partial charge in [0.05, 0.1) is 24.2 Å². The summed E-state index contributed by atoms with van der Waals surface area (Å²) in [7, 11) is 2.07. The van der Waals surface area contributed by atoms with Gasteiger partial charge in [-0.3, -0.25) is 4.98 Å². The SMILES string of the molecule is CCCCCN(C)c1ccc(-c2ccnc(Nc3cncc(CO)c3)n2)cn1. The highest BCUT2D eigenvalue weighted by Gasteiger charge is 2.06. The zero-order valence-corrected chi connectivity index (χ0v) is 16.3. The van der Waals surface area contributed by atoms with Gasteiger partial charge in [-0.1, -0.05) is 19.8 Å². The van der Waals surface area contributed by atoms with E-state index in [-0.39, 0.29) is 6.61 Å². The van der Waals surface area contributed by atoms with Crippen LogP contribution in [0.3, 0.4) is 0 Å². The molecule has 28 heavy (non-hydrogen) atoms. The van der Waals surface area contributed by atoms with Gasteiger partial charge in [-0.2, -0.15) is 0 Å². The minimum absolute atomic E-state index is 0.0612. The van der Waals surface area contributed by atoms with Crippen LogP contribution in [0.2, 0.25) is 0 Å². The molecule has 0 saturated heterocycles. The van der Waals surface area contributed by atoms with Crippen molar-refractivity contribution < 1.29 is 5.11 Å². The van der Waals surface area contributed by atoms with Crippen molar-refractivity contribution in [1.82, 2.24) is 19.9 Å². The highest BCUT2D eigenvalue weighted by molar-refractivity contribution is 5.62. The summed E-state index contributed by atoms with van der Waals surface area (Å²) >= 11 is 0. The summed E-state index contributed by atoms with van der Waals surface area (Å²) in [6, 6.07) is 7.72. The third-order valence-electron chi connectivity index (χ3n) is 4.42. The van der Waals surface area contributed by atoms with Crippen LogP contribution in [-0.2, 0) is 6.61 Å². The number of aliphatic hydroxyl groups excluding tert-OH is 1. The summed E-state index contributed by atoms with van der Waals surface area (Å²) in [4.78, 5) is 19.7. The van der Waals surface area contributed by atoms with E-state index in [4.69, 9.17) is 0 Å². The molecule has 0 amide bonds. The van der Waals surface area contributed by atoms with Gasteiger partial charge in [-0.25, -0.2) is 15.0 Å². The van der Waals surface area contributed by atoms with Gasteiger partial charge in [0, 0.05) is 37.7 Å². The van der Waals surface area contributed by atoms with Gasteiger partial charge in [0.25, 0.3) is 0 Å². The highest BCUT2D eigenvalue weighted by Crippen LogP contribution is 2.21. The van der Waals surface area contributed by atoms with Crippen LogP contribution in [0.5, 0.6) is 0 Å². The number of pyridine rings is 2. The summed E-state index contributed by atoms with van der Waals surface area (Å²) in [5.74, 6) is 1.43. The number of hydrogen-bond acceptors (Lipinski definition) is 7. The molecule has 0 aromatic carbocycles. The van der Waals surface area contributed by atoms with E-state index in [0.29, 0.717) is 5.95 Å². The fourth-order valence-electron chi connectivity index (χ4n) is 2.83. The van der Waals surface area contributed by atoms with Crippen LogP contribution in [0.1, 0.15) is 31.7 Å². The predicted octanol–water partition coefficient (Wildman–Crippen LogP) is 3.80. The Morgan fingerprint density at radius 1 is 1.07 bits per heavy atom. The van der Waals surface area contributed by atoms with Gasteiger partial charge in [-0.05, 0) is 36.2 Å². The van der Waals surface area contributed by atoms with Crippen LogP contribution >= 0.6 is 0 Å². The van der Waals surface area contributed by atoms with E-state index >= 15 is 0 Å². The van der Waals surface area contributed by atoms with Crippen molar-refractivity contribution in [3.63, 3.8) is 0 Å². The first-order chi connectivity index (χ1) is 13.7. The summed E-state index contributed by atoms with van der Waals surface area (Å²) in [5.41, 5.74) is 3.17. The van der Waals surface area contributed by atoms with Crippen LogP contribution < -0.4 is 10.2 Å². The van der Waals surface area contributed by atoms with E-state index in [1.165, 1.54) is 19.3 Å². The highest BCUT2D eigenvalue weighted by atomic mass is 16.3. The largest absolute Gasteiger partial charge is 0.392 e. The topological polar surface area (TPSA) is 87.1 Å². The molecule has 0 saturated carbocycles. The molecule has 146 valence electrons. The van der Waals surface area contributed by atoms with Crippen molar-refractivity contribution in [2.75, 3.05) is 23.8 Å². The normalized spacial score (nSPS) is 10.7. The first-order valence-corrected chi connectivity index (χ1v) is 9.52. The fourth-order valence-corrected chi connectivity index (χ4v) is 2.83. The number of nitrogens with zero attached hydrogens (tertiary/aromatic N) is 5. The Labute approximate surface area is 165 Å². The number of aliphatic hydroxyl groups is 1. The van der Waals surface area contributed by atoms with Gasteiger partial charge < -0.3 is 15.3 Å². The van der Waals surface area contributed by atoms with Crippen molar-refractivity contribution in [2.24, 2.45) is 0 Å². The number of aromatic nitrogens is 4. The van der Waals surface area contributed by atoms with E-state index in [1.54, 1.807) is 18.6 Å². The lowest BCUT2D eigenvalue weighted by Gasteiger charge is -2.18. The average molecular weight is 378 g/mol. The second-order valence-electron chi connectivity index (χ2n) is 6.66. The summed E-state index contributed by atoms with van der Waals surface area (Å²) in [6.07, 6.45) is 10.4. The molecule has 0 aliphatic heterocycles. The van der Waals surface area contributed by atoms with E-state index < -0.39 is 0 Å². The van der Waals surface area contributed by atoms with Gasteiger partial charge in [0.2, 0.25) is 5.95 Å². The number of anilines is 3. The number of nitrogens with one attached hydrogen (secondary N) is 1. The Hall–Kier alpha value is -3.06. The summed E-state index contributed by atoms with van der Waals surface area (Å²) in [6.45, 7) is 3.15. The monoisotopic (exact) mass is 378 g/mol. The Morgan fingerprint density at radius 3 is 2.71 bits per heavy atom. The smallest absolute Gasteiger partial charge is 0.227 e. The van der Waals surface area contributed by atoms with E-state index in [0.717, 1.165) is 34.9 Å². The minimum atomic E-state index is -0.0612. The van der Waals surface area contributed by atoms with Crippen LogP contribution in [0, 0.1) is 0 Å². The second kappa shape index (κ2) is 9.75. The van der Waals surface area contributed by atoms with E-state index in [9.17, 15) is 5.11 Å². The molecule has 2 N–H and O–H groups in total. The quantitative estimate of drug-likeness (QED) is 0.548. The van der Waals surface area contributed by atoms with Gasteiger partial charge >= 0.3 is 0 Å². The first kappa shape index (κ1) is 19.7. The van der Waals surface area contributed by atoms with Crippen molar-refractivity contribution in [3.05, 3.63) is 54.6 Å². The predicted molar refractivity (Wildman–Crippen MR) is 112 cm³/mol. The lowest BCUT2D eigenvalue weighted by Crippen LogP contribution is -2.19.